The van der Waals surface area contributed by atoms with Crippen molar-refractivity contribution in [1.82, 2.24) is 4.98 Å². The summed E-state index contributed by atoms with van der Waals surface area (Å²) in [5.74, 6) is -1.42. The molecule has 0 saturated carbocycles. The minimum absolute atomic E-state index is 0.101. The third-order valence-corrected chi connectivity index (χ3v) is 4.59. The van der Waals surface area contributed by atoms with Gasteiger partial charge in [-0.1, -0.05) is 0 Å². The number of carbonyl (C=O) groups excluding carboxylic acids is 2. The number of primary sulfonamides is 1. The Hall–Kier alpha value is -1.52. The fraction of sp³-hybridized carbons (Fsp3) is 0.500. The van der Waals surface area contributed by atoms with Gasteiger partial charge in [-0.15, -0.1) is 11.3 Å². The molecule has 2 N–H and O–H groups in total. The molecule has 0 aromatic carbocycles. The number of nitrogens with zero attached hydrogens (tertiary/aromatic N) is 2. The number of thiazole rings is 1. The molecule has 110 valence electrons. The van der Waals surface area contributed by atoms with Gasteiger partial charge in [-0.2, -0.15) is 0 Å². The highest BCUT2D eigenvalue weighted by molar-refractivity contribution is 7.89. The number of ether oxygens (including phenoxy) is 1. The van der Waals surface area contributed by atoms with Crippen LogP contribution in [0.3, 0.4) is 0 Å². The maximum atomic E-state index is 11.9. The van der Waals surface area contributed by atoms with Crippen LogP contribution in [0.4, 0.5) is 5.13 Å². The first-order valence-electron chi connectivity index (χ1n) is 5.65. The molecule has 1 fully saturated rings. The van der Waals surface area contributed by atoms with E-state index < -0.39 is 16.0 Å². The first kappa shape index (κ1) is 14.9. The Morgan fingerprint density at radius 2 is 2.35 bits per heavy atom. The van der Waals surface area contributed by atoms with Crippen molar-refractivity contribution >= 4 is 38.4 Å². The maximum absolute atomic E-state index is 11.9. The molecule has 1 aliphatic heterocycles. The fourth-order valence-corrected chi connectivity index (χ4v) is 3.69. The van der Waals surface area contributed by atoms with Crippen molar-refractivity contribution in [1.29, 1.82) is 0 Å². The summed E-state index contributed by atoms with van der Waals surface area (Å²) < 4.78 is 26.6. The van der Waals surface area contributed by atoms with Crippen molar-refractivity contribution in [3.05, 3.63) is 11.1 Å². The molecule has 1 amide bonds. The van der Waals surface area contributed by atoms with Crippen LogP contribution in [0.25, 0.3) is 0 Å². The zero-order valence-corrected chi connectivity index (χ0v) is 12.2. The van der Waals surface area contributed by atoms with Crippen LogP contribution in [0.2, 0.25) is 0 Å². The van der Waals surface area contributed by atoms with Crippen molar-refractivity contribution in [3.8, 4) is 0 Å². The Balaban J connectivity index is 2.12. The van der Waals surface area contributed by atoms with Crippen LogP contribution in [0.15, 0.2) is 5.38 Å². The quantitative estimate of drug-likeness (QED) is 0.752. The second-order valence-corrected chi connectivity index (χ2v) is 6.91. The van der Waals surface area contributed by atoms with Crippen molar-refractivity contribution in [3.63, 3.8) is 0 Å². The molecule has 0 radical (unpaired) electrons. The first-order chi connectivity index (χ1) is 9.30. The number of rotatable bonds is 4. The summed E-state index contributed by atoms with van der Waals surface area (Å²) in [6.45, 7) is 0.226. The molecule has 20 heavy (non-hydrogen) atoms. The highest BCUT2D eigenvalue weighted by Crippen LogP contribution is 2.28. The highest BCUT2D eigenvalue weighted by atomic mass is 32.2. The van der Waals surface area contributed by atoms with E-state index in [1.165, 1.54) is 17.4 Å². The van der Waals surface area contributed by atoms with Gasteiger partial charge in [0.1, 0.15) is 0 Å². The topological polar surface area (TPSA) is 120 Å². The summed E-state index contributed by atoms with van der Waals surface area (Å²) in [4.78, 5) is 28.5. The van der Waals surface area contributed by atoms with Crippen molar-refractivity contribution in [2.45, 2.75) is 6.42 Å². The molecule has 1 aromatic heterocycles. The van der Waals surface area contributed by atoms with E-state index in [9.17, 15) is 18.0 Å². The van der Waals surface area contributed by atoms with Gasteiger partial charge in [-0.05, 0) is 0 Å². The Labute approximate surface area is 119 Å². The van der Waals surface area contributed by atoms with Gasteiger partial charge in [0.2, 0.25) is 15.9 Å². The minimum Gasteiger partial charge on any atom is -0.464 e. The lowest BCUT2D eigenvalue weighted by atomic mass is 10.1. The standard InChI is InChI=1S/C10H13N3O5S2/c1-18-9(15)7-4-19-10(12-7)13-3-6(2-8(13)14)5-20(11,16)17/h4,6H,2-3,5H2,1H3,(H2,11,16,17). The molecule has 1 atom stereocenters. The Kier molecular flexibility index (Phi) is 4.06. The molecular formula is C10H13N3O5S2. The van der Waals surface area contributed by atoms with Crippen LogP contribution in [0.5, 0.6) is 0 Å². The number of carbonyl (C=O) groups is 2. The molecule has 2 heterocycles. The number of hydrogen-bond acceptors (Lipinski definition) is 7. The number of methoxy groups -OCH3 is 1. The Morgan fingerprint density at radius 3 is 2.95 bits per heavy atom. The summed E-state index contributed by atoms with van der Waals surface area (Å²) >= 11 is 1.13. The molecule has 0 spiro atoms. The van der Waals surface area contributed by atoms with Gasteiger partial charge >= 0.3 is 5.97 Å². The number of sulfonamides is 1. The Morgan fingerprint density at radius 1 is 1.65 bits per heavy atom. The van der Waals surface area contributed by atoms with Crippen molar-refractivity contribution < 1.29 is 22.7 Å². The van der Waals surface area contributed by atoms with Gasteiger partial charge in [-0.25, -0.2) is 23.3 Å². The Bertz CT molecular complexity index is 639. The van der Waals surface area contributed by atoms with Crippen LogP contribution in [-0.2, 0) is 19.6 Å². The lowest BCUT2D eigenvalue weighted by molar-refractivity contribution is -0.117. The predicted octanol–water partition coefficient (Wildman–Crippen LogP) is -0.429. The fourth-order valence-electron chi connectivity index (χ4n) is 1.99. The molecule has 8 nitrogen and oxygen atoms in total. The number of esters is 1. The van der Waals surface area contributed by atoms with E-state index in [1.807, 2.05) is 0 Å². The molecule has 2 rings (SSSR count). The van der Waals surface area contributed by atoms with Gasteiger partial charge in [0.05, 0.1) is 12.9 Å². The zero-order chi connectivity index (χ0) is 14.9. The lowest BCUT2D eigenvalue weighted by Gasteiger charge is -2.12. The van der Waals surface area contributed by atoms with Gasteiger partial charge in [0.25, 0.3) is 0 Å². The average molecular weight is 319 g/mol. The molecule has 0 bridgehead atoms. The van der Waals surface area contributed by atoms with E-state index in [0.29, 0.717) is 5.13 Å². The second kappa shape index (κ2) is 5.46. The highest BCUT2D eigenvalue weighted by Gasteiger charge is 2.34. The summed E-state index contributed by atoms with van der Waals surface area (Å²) in [5.41, 5.74) is 0.121. The normalized spacial score (nSPS) is 19.4. The molecule has 1 unspecified atom stereocenters. The number of nitrogens with two attached hydrogens (primary N) is 1. The van der Waals surface area contributed by atoms with Gasteiger partial charge < -0.3 is 4.74 Å². The van der Waals surface area contributed by atoms with Crippen LogP contribution < -0.4 is 10.0 Å². The van der Waals surface area contributed by atoms with Crippen LogP contribution in [-0.4, -0.2) is 44.7 Å². The number of anilines is 1. The van der Waals surface area contributed by atoms with Gasteiger partial charge in [0, 0.05) is 24.3 Å². The van der Waals surface area contributed by atoms with Gasteiger partial charge in [0.15, 0.2) is 10.8 Å². The first-order valence-corrected chi connectivity index (χ1v) is 8.24. The van der Waals surface area contributed by atoms with Crippen LogP contribution in [0.1, 0.15) is 16.9 Å². The lowest BCUT2D eigenvalue weighted by Crippen LogP contribution is -2.27. The van der Waals surface area contributed by atoms with E-state index >= 15 is 0 Å². The molecule has 1 saturated heterocycles. The van der Waals surface area contributed by atoms with E-state index in [0.717, 1.165) is 11.3 Å². The summed E-state index contributed by atoms with van der Waals surface area (Å²) in [5, 5.41) is 6.82. The number of amides is 1. The third-order valence-electron chi connectivity index (χ3n) is 2.79. The number of hydrogen-bond donors (Lipinski definition) is 1. The summed E-state index contributed by atoms with van der Waals surface area (Å²) in [6.07, 6.45) is 0.101. The molecule has 1 aromatic rings. The minimum atomic E-state index is -3.62. The average Bonchev–Trinajstić information content (AvgIpc) is 2.92. The SMILES string of the molecule is COC(=O)c1csc(N2CC(CS(N)(=O)=O)CC2=O)n1. The van der Waals surface area contributed by atoms with Crippen molar-refractivity contribution in [2.24, 2.45) is 11.1 Å². The second-order valence-electron chi connectivity index (χ2n) is 4.41. The van der Waals surface area contributed by atoms with E-state index in [4.69, 9.17) is 5.14 Å². The van der Waals surface area contributed by atoms with Gasteiger partial charge in [-0.3, -0.25) is 9.69 Å². The molecule has 0 aliphatic carbocycles. The maximum Gasteiger partial charge on any atom is 0.357 e. The van der Waals surface area contributed by atoms with E-state index in [-0.39, 0.29) is 36.2 Å². The molecule has 1 aliphatic rings. The monoisotopic (exact) mass is 319 g/mol. The third kappa shape index (κ3) is 3.32. The van der Waals surface area contributed by atoms with Crippen molar-refractivity contribution in [2.75, 3.05) is 24.3 Å². The molecule has 10 heteroatoms. The van der Waals surface area contributed by atoms with E-state index in [2.05, 4.69) is 9.72 Å². The zero-order valence-electron chi connectivity index (χ0n) is 10.6. The molecular weight excluding hydrogens is 306 g/mol. The summed E-state index contributed by atoms with van der Waals surface area (Å²) in [7, 11) is -2.38. The smallest absolute Gasteiger partial charge is 0.357 e. The van der Waals surface area contributed by atoms with E-state index in [1.54, 1.807) is 0 Å². The van der Waals surface area contributed by atoms with Crippen LogP contribution >= 0.6 is 11.3 Å². The predicted molar refractivity (Wildman–Crippen MR) is 71.9 cm³/mol. The van der Waals surface area contributed by atoms with Crippen LogP contribution in [0, 0.1) is 5.92 Å². The largest absolute Gasteiger partial charge is 0.464 e. The summed E-state index contributed by atoms with van der Waals surface area (Å²) in [6, 6.07) is 0. The number of aromatic nitrogens is 1.